The molecule has 2 heterocycles. The summed E-state index contributed by atoms with van der Waals surface area (Å²) in [5, 5.41) is 7.14. The normalized spacial score (nSPS) is 11.1. The molecule has 140 valence electrons. The zero-order chi connectivity index (χ0) is 19.2. The van der Waals surface area contributed by atoms with Gasteiger partial charge in [0, 0.05) is 43.9 Å². The van der Waals surface area contributed by atoms with Crippen LogP contribution in [0.4, 0.5) is 0 Å². The molecule has 1 aromatic carbocycles. The van der Waals surface area contributed by atoms with Crippen LogP contribution in [0.15, 0.2) is 48.1 Å². The smallest absolute Gasteiger partial charge is 0.246 e. The van der Waals surface area contributed by atoms with E-state index in [0.29, 0.717) is 13.2 Å². The number of aryl methyl sites for hydroxylation is 2. The summed E-state index contributed by atoms with van der Waals surface area (Å²) in [6.45, 7) is 2.93. The summed E-state index contributed by atoms with van der Waals surface area (Å²) in [7, 11) is 3.63. The molecule has 0 radical (unpaired) electrons. The summed E-state index contributed by atoms with van der Waals surface area (Å²) >= 11 is 1.61. The molecule has 7 heteroatoms. The third-order valence-electron chi connectivity index (χ3n) is 3.88. The van der Waals surface area contributed by atoms with E-state index in [0.717, 1.165) is 27.6 Å². The van der Waals surface area contributed by atoms with Crippen molar-refractivity contribution < 1.29 is 9.53 Å². The molecule has 3 rings (SSSR count). The summed E-state index contributed by atoms with van der Waals surface area (Å²) in [6, 6.07) is 7.65. The van der Waals surface area contributed by atoms with Crippen LogP contribution in [0.2, 0.25) is 0 Å². The van der Waals surface area contributed by atoms with Crippen LogP contribution in [0.25, 0.3) is 6.08 Å². The lowest BCUT2D eigenvalue weighted by atomic mass is 10.2. The van der Waals surface area contributed by atoms with Gasteiger partial charge in [-0.1, -0.05) is 12.1 Å². The lowest BCUT2D eigenvalue weighted by Gasteiger charge is -2.13. The van der Waals surface area contributed by atoms with E-state index < -0.39 is 0 Å². The number of carbonyl (C=O) groups is 1. The van der Waals surface area contributed by atoms with E-state index in [1.54, 1.807) is 46.3 Å². The van der Waals surface area contributed by atoms with E-state index >= 15 is 0 Å². The first-order valence-corrected chi connectivity index (χ1v) is 9.42. The quantitative estimate of drug-likeness (QED) is 0.588. The predicted octanol–water partition coefficient (Wildman–Crippen LogP) is 3.44. The number of nitrogens with zero attached hydrogens (tertiary/aromatic N) is 4. The van der Waals surface area contributed by atoms with Crippen LogP contribution in [-0.4, -0.2) is 32.6 Å². The van der Waals surface area contributed by atoms with Gasteiger partial charge in [0.1, 0.15) is 12.4 Å². The third kappa shape index (κ3) is 5.52. The van der Waals surface area contributed by atoms with Gasteiger partial charge in [-0.05, 0) is 30.7 Å². The molecular weight excluding hydrogens is 360 g/mol. The monoisotopic (exact) mass is 382 g/mol. The van der Waals surface area contributed by atoms with Crippen molar-refractivity contribution in [2.75, 3.05) is 7.05 Å². The van der Waals surface area contributed by atoms with Gasteiger partial charge in [0.15, 0.2) is 0 Å². The molecule has 0 fully saturated rings. The molecule has 0 bridgehead atoms. The number of carbonyl (C=O) groups excluding carboxylic acids is 1. The molecule has 0 N–H and O–H groups in total. The number of thiazole rings is 1. The standard InChI is InChI=1S/C20H22N4O2S/c1-15-22-18(14-27-15)13-26-19-6-4-5-16(9-19)7-8-20(25)23(2)11-17-10-21-24(3)12-17/h4-10,12,14H,11,13H2,1-3H3/b8-7+. The van der Waals surface area contributed by atoms with Gasteiger partial charge < -0.3 is 9.64 Å². The number of hydrogen-bond acceptors (Lipinski definition) is 5. The predicted molar refractivity (Wildman–Crippen MR) is 106 cm³/mol. The Bertz CT molecular complexity index is 945. The number of likely N-dealkylation sites (N-methyl/N-ethyl adjacent to an activating group) is 1. The minimum atomic E-state index is -0.0666. The zero-order valence-electron chi connectivity index (χ0n) is 15.6. The summed E-state index contributed by atoms with van der Waals surface area (Å²) in [6.07, 6.45) is 7.03. The number of hydrogen-bond donors (Lipinski definition) is 0. The van der Waals surface area contributed by atoms with E-state index in [1.165, 1.54) is 0 Å². The highest BCUT2D eigenvalue weighted by Crippen LogP contribution is 2.17. The van der Waals surface area contributed by atoms with Crippen molar-refractivity contribution in [1.29, 1.82) is 0 Å². The van der Waals surface area contributed by atoms with E-state index in [1.807, 2.05) is 49.8 Å². The number of ether oxygens (including phenoxy) is 1. The minimum absolute atomic E-state index is 0.0666. The molecule has 0 aliphatic rings. The highest BCUT2D eigenvalue weighted by atomic mass is 32.1. The average molecular weight is 382 g/mol. The fourth-order valence-electron chi connectivity index (χ4n) is 2.54. The summed E-state index contributed by atoms with van der Waals surface area (Å²) in [5.74, 6) is 0.682. The van der Waals surface area contributed by atoms with Gasteiger partial charge in [-0.15, -0.1) is 11.3 Å². The lowest BCUT2D eigenvalue weighted by molar-refractivity contribution is -0.125. The Hall–Kier alpha value is -2.93. The van der Waals surface area contributed by atoms with Crippen LogP contribution in [0.5, 0.6) is 5.75 Å². The maximum Gasteiger partial charge on any atom is 0.246 e. The topological polar surface area (TPSA) is 60.2 Å². The molecule has 27 heavy (non-hydrogen) atoms. The van der Waals surface area contributed by atoms with Gasteiger partial charge in [-0.25, -0.2) is 4.98 Å². The molecule has 0 unspecified atom stereocenters. The lowest BCUT2D eigenvalue weighted by Crippen LogP contribution is -2.23. The number of amides is 1. The van der Waals surface area contributed by atoms with Crippen molar-refractivity contribution in [3.63, 3.8) is 0 Å². The average Bonchev–Trinajstić information content (AvgIpc) is 3.26. The van der Waals surface area contributed by atoms with E-state index in [2.05, 4.69) is 10.1 Å². The minimum Gasteiger partial charge on any atom is -0.487 e. The Morgan fingerprint density at radius 2 is 2.26 bits per heavy atom. The van der Waals surface area contributed by atoms with Gasteiger partial charge >= 0.3 is 0 Å². The van der Waals surface area contributed by atoms with Gasteiger partial charge in [0.25, 0.3) is 0 Å². The molecule has 0 spiro atoms. The first-order valence-electron chi connectivity index (χ1n) is 8.54. The van der Waals surface area contributed by atoms with Crippen molar-refractivity contribution in [2.24, 2.45) is 7.05 Å². The molecule has 6 nitrogen and oxygen atoms in total. The molecule has 0 aliphatic heterocycles. The second kappa shape index (κ2) is 8.64. The first-order chi connectivity index (χ1) is 13.0. The maximum atomic E-state index is 12.3. The molecule has 3 aromatic rings. The first kappa shape index (κ1) is 18.8. The molecule has 1 amide bonds. The van der Waals surface area contributed by atoms with Crippen LogP contribution in [0.1, 0.15) is 21.8 Å². The second-order valence-corrected chi connectivity index (χ2v) is 7.33. The Morgan fingerprint density at radius 3 is 2.96 bits per heavy atom. The number of rotatable bonds is 7. The van der Waals surface area contributed by atoms with Crippen molar-refractivity contribution >= 4 is 23.3 Å². The van der Waals surface area contributed by atoms with Crippen molar-refractivity contribution in [3.8, 4) is 5.75 Å². The van der Waals surface area contributed by atoms with Crippen LogP contribution in [0, 0.1) is 6.92 Å². The van der Waals surface area contributed by atoms with Crippen LogP contribution in [0.3, 0.4) is 0 Å². The fourth-order valence-corrected chi connectivity index (χ4v) is 3.14. The van der Waals surface area contributed by atoms with E-state index in [-0.39, 0.29) is 5.91 Å². The van der Waals surface area contributed by atoms with Crippen molar-refractivity contribution in [1.82, 2.24) is 19.7 Å². The van der Waals surface area contributed by atoms with Gasteiger partial charge in [0.05, 0.1) is 16.9 Å². The highest BCUT2D eigenvalue weighted by molar-refractivity contribution is 7.09. The number of aromatic nitrogens is 3. The highest BCUT2D eigenvalue weighted by Gasteiger charge is 2.07. The Balaban J connectivity index is 1.56. The van der Waals surface area contributed by atoms with Gasteiger partial charge in [-0.3, -0.25) is 9.48 Å². The van der Waals surface area contributed by atoms with E-state index in [9.17, 15) is 4.79 Å². The van der Waals surface area contributed by atoms with Crippen molar-refractivity contribution in [2.45, 2.75) is 20.1 Å². The van der Waals surface area contributed by atoms with Crippen molar-refractivity contribution in [3.05, 3.63) is 69.9 Å². The van der Waals surface area contributed by atoms with Crippen LogP contribution >= 0.6 is 11.3 Å². The molecule has 0 aliphatic carbocycles. The Kier molecular flexibility index (Phi) is 6.03. The molecular formula is C20H22N4O2S. The molecule has 0 saturated heterocycles. The Morgan fingerprint density at radius 1 is 1.41 bits per heavy atom. The fraction of sp³-hybridized carbons (Fsp3) is 0.250. The largest absolute Gasteiger partial charge is 0.487 e. The number of benzene rings is 1. The molecule has 0 saturated carbocycles. The zero-order valence-corrected chi connectivity index (χ0v) is 16.4. The van der Waals surface area contributed by atoms with Crippen LogP contribution < -0.4 is 4.74 Å². The second-order valence-electron chi connectivity index (χ2n) is 6.27. The van der Waals surface area contributed by atoms with Crippen LogP contribution in [-0.2, 0) is 25.0 Å². The van der Waals surface area contributed by atoms with E-state index in [4.69, 9.17) is 4.74 Å². The summed E-state index contributed by atoms with van der Waals surface area (Å²) < 4.78 is 7.51. The molecule has 2 aromatic heterocycles. The summed E-state index contributed by atoms with van der Waals surface area (Å²) in [5.41, 5.74) is 2.82. The maximum absolute atomic E-state index is 12.3. The van der Waals surface area contributed by atoms with Gasteiger partial charge in [-0.2, -0.15) is 5.10 Å². The molecule has 0 atom stereocenters. The SMILES string of the molecule is Cc1nc(COc2cccc(/C=C/C(=O)N(C)Cc3cnn(C)c3)c2)cs1. The Labute approximate surface area is 162 Å². The summed E-state index contributed by atoms with van der Waals surface area (Å²) in [4.78, 5) is 18.3. The third-order valence-corrected chi connectivity index (χ3v) is 4.71. The van der Waals surface area contributed by atoms with Gasteiger partial charge in [0.2, 0.25) is 5.91 Å².